The van der Waals surface area contributed by atoms with Crippen molar-refractivity contribution in [2.45, 2.75) is 55.6 Å². The second-order valence-electron chi connectivity index (χ2n) is 10.3. The number of phosphoric acid groups is 2. The number of carbonyl (C=O) groups is 1. The molecule has 0 aromatic carbocycles. The van der Waals surface area contributed by atoms with Gasteiger partial charge in [-0.1, -0.05) is 0 Å². The van der Waals surface area contributed by atoms with Gasteiger partial charge in [0, 0.05) is 12.6 Å². The third-order valence-electron chi connectivity index (χ3n) is 7.41. The van der Waals surface area contributed by atoms with E-state index in [1.165, 1.54) is 6.21 Å². The highest BCUT2D eigenvalue weighted by atomic mass is 31.2. The van der Waals surface area contributed by atoms with Crippen LogP contribution in [0.15, 0.2) is 22.4 Å². The first-order chi connectivity index (χ1) is 21.3. The SMILES string of the molecule is Nc1nc2c(ncn2[C@@H]2O[C@@H]3COP(=O)(O)O[C@H]4[C@H](F)[C@H](n5cnc6c5N=CCC6=O)O[C@@H]4COP(=O)(O)O[C@@H]2[C@@H]3O)c(=O)[nH]1. The van der Waals surface area contributed by atoms with Gasteiger partial charge in [-0.2, -0.15) is 4.98 Å². The molecule has 3 aromatic heterocycles. The number of halogens is 1. The normalized spacial score (nSPS) is 38.8. The molecule has 242 valence electrons. The number of ketones is 1. The number of phosphoric ester groups is 2. The molecule has 2 bridgehead atoms. The lowest BCUT2D eigenvalue weighted by molar-refractivity contribution is -0.0672. The number of aromatic amines is 1. The molecule has 45 heavy (non-hydrogen) atoms. The van der Waals surface area contributed by atoms with E-state index in [-0.39, 0.29) is 40.8 Å². The highest BCUT2D eigenvalue weighted by Gasteiger charge is 2.54. The number of nitrogens with zero attached hydrogens (tertiary/aromatic N) is 6. The van der Waals surface area contributed by atoms with Gasteiger partial charge in [-0.15, -0.1) is 0 Å². The quantitative estimate of drug-likeness (QED) is 0.212. The Kier molecular flexibility index (Phi) is 7.37. The van der Waals surface area contributed by atoms with E-state index in [0.717, 1.165) is 21.8 Å². The number of carbonyl (C=O) groups excluding carboxylic acids is 1. The standard InChI is InChI=1S/C21H23FN8O13P2/c22-10-14-9(41-19(10)29-5-25-11-7(31)1-2-24-16(11)29)4-39-45(36,37)43-15-13(32)8(3-38-44(34,35)42-14)40-20(15)30-6-26-12-17(30)27-21(23)28-18(12)33/h2,5-6,8-10,13-15,19-20,32H,1,3-4H2,(H,34,35)(H,36,37)(H3,23,27,28,33)/t8-,9-,10+,13-,14-,15-,19-,20-/m1/s1. The summed E-state index contributed by atoms with van der Waals surface area (Å²) in [5.74, 6) is -0.716. The zero-order chi connectivity index (χ0) is 31.8. The van der Waals surface area contributed by atoms with Crippen LogP contribution in [0.25, 0.3) is 11.2 Å². The van der Waals surface area contributed by atoms with Crippen molar-refractivity contribution < 1.29 is 60.8 Å². The van der Waals surface area contributed by atoms with Gasteiger partial charge >= 0.3 is 15.6 Å². The molecule has 3 fully saturated rings. The molecule has 0 aliphatic carbocycles. The molecule has 21 nitrogen and oxygen atoms in total. The van der Waals surface area contributed by atoms with E-state index < -0.39 is 83.6 Å². The highest BCUT2D eigenvalue weighted by molar-refractivity contribution is 7.47. The van der Waals surface area contributed by atoms with Crippen LogP contribution < -0.4 is 11.3 Å². The summed E-state index contributed by atoms with van der Waals surface area (Å²) in [5, 5.41) is 11.0. The van der Waals surface area contributed by atoms with Crippen molar-refractivity contribution in [2.24, 2.45) is 4.99 Å². The minimum Gasteiger partial charge on any atom is -0.387 e. The largest absolute Gasteiger partial charge is 0.472 e. The molecule has 3 saturated heterocycles. The Bertz CT molecular complexity index is 1860. The minimum atomic E-state index is -5.17. The fourth-order valence-corrected chi connectivity index (χ4v) is 7.27. The molecule has 4 aliphatic heterocycles. The Hall–Kier alpha value is -3.27. The number of fused-ring (bicyclic) bond motifs is 5. The number of hydrogen-bond acceptors (Lipinski definition) is 16. The predicted molar refractivity (Wildman–Crippen MR) is 142 cm³/mol. The maximum absolute atomic E-state index is 15.9. The average molecular weight is 676 g/mol. The molecule has 7 rings (SSSR count). The predicted octanol–water partition coefficient (Wildman–Crippen LogP) is -0.601. The minimum absolute atomic E-state index is 0.0191. The Morgan fingerprint density at radius 1 is 0.978 bits per heavy atom. The molecule has 7 heterocycles. The van der Waals surface area contributed by atoms with E-state index in [4.69, 9.17) is 33.3 Å². The number of nitrogen functional groups attached to an aromatic ring is 1. The fourth-order valence-electron chi connectivity index (χ4n) is 5.38. The van der Waals surface area contributed by atoms with Crippen LogP contribution in [-0.4, -0.2) is 106 Å². The zero-order valence-corrected chi connectivity index (χ0v) is 24.2. The Morgan fingerprint density at radius 3 is 2.40 bits per heavy atom. The zero-order valence-electron chi connectivity index (χ0n) is 22.4. The first kappa shape index (κ1) is 30.4. The van der Waals surface area contributed by atoms with Crippen molar-refractivity contribution in [3.63, 3.8) is 0 Å². The van der Waals surface area contributed by atoms with E-state index in [9.17, 15) is 33.6 Å². The van der Waals surface area contributed by atoms with Crippen molar-refractivity contribution in [2.75, 3.05) is 18.9 Å². The second-order valence-corrected chi connectivity index (χ2v) is 13.1. The van der Waals surface area contributed by atoms with Gasteiger partial charge in [0.25, 0.3) is 5.56 Å². The van der Waals surface area contributed by atoms with Crippen LogP contribution in [0, 0.1) is 0 Å². The Morgan fingerprint density at radius 2 is 1.64 bits per heavy atom. The van der Waals surface area contributed by atoms with Crippen molar-refractivity contribution in [1.29, 1.82) is 0 Å². The lowest BCUT2D eigenvalue weighted by Gasteiger charge is -2.25. The van der Waals surface area contributed by atoms with E-state index >= 15 is 4.39 Å². The Labute approximate surface area is 248 Å². The summed E-state index contributed by atoms with van der Waals surface area (Å²) in [4.78, 5) is 63.8. The van der Waals surface area contributed by atoms with E-state index in [0.29, 0.717) is 0 Å². The molecule has 0 spiro atoms. The number of hydrogen-bond donors (Lipinski definition) is 5. The smallest absolute Gasteiger partial charge is 0.387 e. The molecule has 2 unspecified atom stereocenters. The van der Waals surface area contributed by atoms with Crippen LogP contribution >= 0.6 is 15.6 Å². The number of imidazole rings is 2. The monoisotopic (exact) mass is 676 g/mol. The first-order valence-electron chi connectivity index (χ1n) is 13.1. The van der Waals surface area contributed by atoms with Crippen molar-refractivity contribution >= 4 is 50.6 Å². The molecule has 24 heteroatoms. The molecule has 4 aliphatic rings. The topological polar surface area (TPSA) is 287 Å². The first-order valence-corrected chi connectivity index (χ1v) is 16.1. The van der Waals surface area contributed by atoms with Crippen molar-refractivity contribution in [1.82, 2.24) is 29.1 Å². The molecule has 0 amide bonds. The summed E-state index contributed by atoms with van der Waals surface area (Å²) in [6, 6.07) is 0. The van der Waals surface area contributed by atoms with Crippen LogP contribution in [0.1, 0.15) is 29.4 Å². The Balaban J connectivity index is 1.20. The number of aliphatic hydroxyl groups excluding tert-OH is 1. The number of ether oxygens (including phenoxy) is 2. The maximum atomic E-state index is 15.9. The van der Waals surface area contributed by atoms with Gasteiger partial charge in [0.1, 0.15) is 30.5 Å². The molecule has 0 saturated carbocycles. The number of nitrogens with one attached hydrogen (secondary N) is 1. The van der Waals surface area contributed by atoms with Gasteiger partial charge in [0.2, 0.25) is 5.95 Å². The number of aromatic nitrogens is 6. The molecule has 0 radical (unpaired) electrons. The molecular weight excluding hydrogens is 653 g/mol. The van der Waals surface area contributed by atoms with E-state index in [2.05, 4.69) is 24.9 Å². The summed E-state index contributed by atoms with van der Waals surface area (Å²) in [6.45, 7) is -1.80. The van der Waals surface area contributed by atoms with Crippen LogP contribution in [0.3, 0.4) is 0 Å². The van der Waals surface area contributed by atoms with E-state index in [1.54, 1.807) is 0 Å². The van der Waals surface area contributed by atoms with Gasteiger partial charge in [-0.25, -0.2) is 28.5 Å². The summed E-state index contributed by atoms with van der Waals surface area (Å²) >= 11 is 0. The number of rotatable bonds is 2. The average Bonchev–Trinajstić information content (AvgIpc) is 3.72. The second kappa shape index (κ2) is 10.9. The lowest BCUT2D eigenvalue weighted by Crippen LogP contribution is -2.35. The van der Waals surface area contributed by atoms with Gasteiger partial charge in [-0.05, 0) is 0 Å². The van der Waals surface area contributed by atoms with E-state index in [1.807, 2.05) is 0 Å². The number of Topliss-reactive ketones (excluding diaryl/α,β-unsaturated/α-hetero) is 1. The third kappa shape index (κ3) is 5.36. The third-order valence-corrected chi connectivity index (χ3v) is 9.38. The molecule has 3 aromatic rings. The van der Waals surface area contributed by atoms with Crippen LogP contribution in [-0.2, 0) is 36.7 Å². The van der Waals surface area contributed by atoms with Crippen LogP contribution in [0.4, 0.5) is 16.2 Å². The number of aliphatic hydroxyl groups is 1. The van der Waals surface area contributed by atoms with Crippen molar-refractivity contribution in [3.8, 4) is 0 Å². The number of anilines is 1. The molecular formula is C21H23FN8O13P2. The van der Waals surface area contributed by atoms with Crippen molar-refractivity contribution in [3.05, 3.63) is 28.7 Å². The van der Waals surface area contributed by atoms with Crippen LogP contribution in [0.5, 0.6) is 0 Å². The maximum Gasteiger partial charge on any atom is 0.472 e. The van der Waals surface area contributed by atoms with Gasteiger partial charge in [0.05, 0.1) is 25.9 Å². The number of H-pyrrole nitrogens is 1. The summed E-state index contributed by atoms with van der Waals surface area (Å²) in [5.41, 5.74) is 4.54. The molecule has 10 atom stereocenters. The lowest BCUT2D eigenvalue weighted by atomic mass is 10.1. The number of alkyl halides is 1. The fraction of sp³-hybridized carbons (Fsp3) is 0.524. The summed E-state index contributed by atoms with van der Waals surface area (Å²) in [6.07, 6.45) is -10.6. The molecule has 6 N–H and O–H groups in total. The summed E-state index contributed by atoms with van der Waals surface area (Å²) in [7, 11) is -10.3. The highest BCUT2D eigenvalue weighted by Crippen LogP contribution is 2.54. The number of aliphatic imine (C=N–C) groups is 1. The van der Waals surface area contributed by atoms with Gasteiger partial charge in [0.15, 0.2) is 47.1 Å². The van der Waals surface area contributed by atoms with Gasteiger partial charge < -0.3 is 30.1 Å². The summed E-state index contributed by atoms with van der Waals surface area (Å²) < 4.78 is 76.1. The van der Waals surface area contributed by atoms with Crippen LogP contribution in [0.2, 0.25) is 0 Å². The number of nitrogens with two attached hydrogens (primary N) is 1. The van der Waals surface area contributed by atoms with Gasteiger partial charge in [-0.3, -0.25) is 41.8 Å².